The second-order valence-corrected chi connectivity index (χ2v) is 9.59. The molecule has 0 bridgehead atoms. The maximum absolute atomic E-state index is 14.9. The van der Waals surface area contributed by atoms with Gasteiger partial charge in [0.25, 0.3) is 6.43 Å². The molecule has 0 amide bonds. The normalized spacial score (nSPS) is 18.9. The summed E-state index contributed by atoms with van der Waals surface area (Å²) in [5, 5.41) is 13.9. The lowest BCUT2D eigenvalue weighted by atomic mass is 9.83. The first-order chi connectivity index (χ1) is 17.7. The highest BCUT2D eigenvalue weighted by Gasteiger charge is 2.46. The summed E-state index contributed by atoms with van der Waals surface area (Å²) < 4.78 is 63.6. The maximum Gasteiger partial charge on any atom is 0.265 e. The first kappa shape index (κ1) is 27.3. The predicted molar refractivity (Wildman–Crippen MR) is 136 cm³/mol. The van der Waals surface area contributed by atoms with Gasteiger partial charge in [0.2, 0.25) is 0 Å². The van der Waals surface area contributed by atoms with Gasteiger partial charge in [0.05, 0.1) is 35.6 Å². The summed E-state index contributed by atoms with van der Waals surface area (Å²) in [7, 11) is 2.95. The minimum Gasteiger partial charge on any atom is -0.494 e. The van der Waals surface area contributed by atoms with Gasteiger partial charge in [0.15, 0.2) is 11.6 Å². The minimum atomic E-state index is -2.95. The van der Waals surface area contributed by atoms with Crippen molar-refractivity contribution in [2.45, 2.75) is 43.3 Å². The Bertz CT molecular complexity index is 1220. The van der Waals surface area contributed by atoms with Gasteiger partial charge in [-0.25, -0.2) is 17.6 Å². The van der Waals surface area contributed by atoms with Crippen LogP contribution in [0.2, 0.25) is 0 Å². The van der Waals surface area contributed by atoms with Crippen molar-refractivity contribution in [2.24, 2.45) is 7.05 Å². The molecule has 0 radical (unpaired) electrons. The second kappa shape index (κ2) is 11.3. The summed E-state index contributed by atoms with van der Waals surface area (Å²) in [4.78, 5) is 1.88. The summed E-state index contributed by atoms with van der Waals surface area (Å²) in [5.41, 5.74) is 1.26. The molecule has 2 heterocycles. The molecule has 0 aliphatic carbocycles. The van der Waals surface area contributed by atoms with Crippen molar-refractivity contribution >= 4 is 17.3 Å². The van der Waals surface area contributed by atoms with Crippen LogP contribution in [0.3, 0.4) is 0 Å². The molecule has 37 heavy (non-hydrogen) atoms. The molecule has 1 aromatic heterocycles. The van der Waals surface area contributed by atoms with E-state index in [0.717, 1.165) is 17.7 Å². The largest absolute Gasteiger partial charge is 0.494 e. The van der Waals surface area contributed by atoms with Crippen LogP contribution in [0.25, 0.3) is 11.3 Å². The quantitative estimate of drug-likeness (QED) is 0.280. The molecule has 2 N–H and O–H groups in total. The van der Waals surface area contributed by atoms with Crippen LogP contribution in [-0.4, -0.2) is 47.9 Å². The Hall–Kier alpha value is -2.75. The molecule has 3 aromatic rings. The number of hydrogen-bond donors (Lipinski definition) is 2. The first-order valence-corrected chi connectivity index (χ1v) is 12.5. The number of hydrogen-bond acceptors (Lipinski definition) is 4. The number of anilines is 1. The number of benzene rings is 2. The lowest BCUT2D eigenvalue weighted by molar-refractivity contribution is -0.0657. The third-order valence-corrected chi connectivity index (χ3v) is 7.39. The molecule has 5 nitrogen and oxygen atoms in total. The predicted octanol–water partition coefficient (Wildman–Crippen LogP) is 5.47. The average Bonchev–Trinajstić information content (AvgIpc) is 3.24. The molecular weight excluding hydrogens is 510 g/mol. The Morgan fingerprint density at radius 1 is 1.14 bits per heavy atom. The Balaban J connectivity index is 1.70. The third kappa shape index (κ3) is 5.44. The SMILES string of the molecule is COc1cc(F)c(-c2cc(N3CCC[C@](NCc4ccccc4)([C@H](O)C(F)F)C3)c(CCl)n2C)cc1F. The van der Waals surface area contributed by atoms with E-state index in [4.69, 9.17) is 16.3 Å². The smallest absolute Gasteiger partial charge is 0.265 e. The van der Waals surface area contributed by atoms with Gasteiger partial charge in [-0.1, -0.05) is 30.3 Å². The number of aliphatic hydroxyl groups is 1. The van der Waals surface area contributed by atoms with Gasteiger partial charge in [-0.2, -0.15) is 0 Å². The number of ether oxygens (including phenoxy) is 1. The van der Waals surface area contributed by atoms with Gasteiger partial charge in [-0.3, -0.25) is 0 Å². The Morgan fingerprint density at radius 3 is 2.51 bits per heavy atom. The van der Waals surface area contributed by atoms with Crippen LogP contribution in [-0.2, 0) is 19.5 Å². The fourth-order valence-electron chi connectivity index (χ4n) is 5.09. The van der Waals surface area contributed by atoms with E-state index < -0.39 is 29.7 Å². The first-order valence-electron chi connectivity index (χ1n) is 12.0. The lowest BCUT2D eigenvalue weighted by Gasteiger charge is -2.47. The van der Waals surface area contributed by atoms with Crippen LogP contribution in [0, 0.1) is 11.6 Å². The molecule has 0 spiro atoms. The Morgan fingerprint density at radius 2 is 1.86 bits per heavy atom. The average molecular weight is 540 g/mol. The van der Waals surface area contributed by atoms with Crippen LogP contribution < -0.4 is 15.0 Å². The molecule has 1 aliphatic heterocycles. The highest BCUT2D eigenvalue weighted by atomic mass is 35.5. The van der Waals surface area contributed by atoms with Crippen LogP contribution >= 0.6 is 11.6 Å². The summed E-state index contributed by atoms with van der Waals surface area (Å²) in [6, 6.07) is 13.1. The fraction of sp³-hybridized carbons (Fsp3) is 0.407. The summed E-state index contributed by atoms with van der Waals surface area (Å²) in [6.45, 7) is 0.910. The highest BCUT2D eigenvalue weighted by molar-refractivity contribution is 6.17. The van der Waals surface area contributed by atoms with Gasteiger partial charge in [-0.05, 0) is 30.5 Å². The van der Waals surface area contributed by atoms with Gasteiger partial charge >= 0.3 is 0 Å². The van der Waals surface area contributed by atoms with Crippen molar-refractivity contribution in [1.29, 1.82) is 0 Å². The van der Waals surface area contributed by atoms with Crippen molar-refractivity contribution in [3.05, 3.63) is 71.4 Å². The molecule has 1 saturated heterocycles. The zero-order valence-electron chi connectivity index (χ0n) is 20.7. The number of aromatic nitrogens is 1. The highest BCUT2D eigenvalue weighted by Crippen LogP contribution is 2.38. The summed E-state index contributed by atoms with van der Waals surface area (Å²) >= 11 is 6.28. The molecular formula is C27H30ClF4N3O2. The van der Waals surface area contributed by atoms with Crippen molar-refractivity contribution in [1.82, 2.24) is 9.88 Å². The van der Waals surface area contributed by atoms with E-state index in [-0.39, 0.29) is 23.7 Å². The van der Waals surface area contributed by atoms with Crippen molar-refractivity contribution in [2.75, 3.05) is 25.1 Å². The molecule has 1 aliphatic rings. The van der Waals surface area contributed by atoms with Gasteiger partial charge in [0.1, 0.15) is 11.9 Å². The van der Waals surface area contributed by atoms with Crippen molar-refractivity contribution < 1.29 is 27.4 Å². The summed E-state index contributed by atoms with van der Waals surface area (Å²) in [6.07, 6.45) is -3.98. The van der Waals surface area contributed by atoms with Crippen LogP contribution in [0.4, 0.5) is 23.2 Å². The fourth-order valence-corrected chi connectivity index (χ4v) is 5.41. The number of methoxy groups -OCH3 is 1. The third-order valence-electron chi connectivity index (χ3n) is 7.14. The van der Waals surface area contributed by atoms with E-state index >= 15 is 0 Å². The van der Waals surface area contributed by atoms with E-state index in [2.05, 4.69) is 5.32 Å². The van der Waals surface area contributed by atoms with Gasteiger partial charge in [0, 0.05) is 38.3 Å². The van der Waals surface area contributed by atoms with Crippen molar-refractivity contribution in [3.63, 3.8) is 0 Å². The number of nitrogens with zero attached hydrogens (tertiary/aromatic N) is 2. The van der Waals surface area contributed by atoms with Crippen molar-refractivity contribution in [3.8, 4) is 17.0 Å². The minimum absolute atomic E-state index is 0.0245. The second-order valence-electron chi connectivity index (χ2n) is 9.32. The molecule has 1 fully saturated rings. The lowest BCUT2D eigenvalue weighted by Crippen LogP contribution is -2.65. The maximum atomic E-state index is 14.9. The number of alkyl halides is 3. The number of aliphatic hydroxyl groups excluding tert-OH is 1. The van der Waals surface area contributed by atoms with Gasteiger partial charge in [-0.15, -0.1) is 11.6 Å². The topological polar surface area (TPSA) is 49.7 Å². The number of rotatable bonds is 9. The molecule has 0 unspecified atom stereocenters. The van der Waals surface area contributed by atoms with E-state index in [1.165, 1.54) is 7.11 Å². The van der Waals surface area contributed by atoms with Crippen LogP contribution in [0.5, 0.6) is 5.75 Å². The molecule has 4 rings (SSSR count). The zero-order valence-corrected chi connectivity index (χ0v) is 21.4. The van der Waals surface area contributed by atoms with Gasteiger partial charge < -0.3 is 24.6 Å². The Kier molecular flexibility index (Phi) is 8.36. The zero-order chi connectivity index (χ0) is 26.7. The molecule has 2 atom stereocenters. The van der Waals surface area contributed by atoms with E-state index in [0.29, 0.717) is 43.0 Å². The van der Waals surface area contributed by atoms with E-state index in [9.17, 15) is 22.7 Å². The van der Waals surface area contributed by atoms with E-state index in [1.54, 1.807) is 17.7 Å². The molecule has 200 valence electrons. The van der Waals surface area contributed by atoms with Crippen LogP contribution in [0.1, 0.15) is 24.1 Å². The Labute approximate surface area is 218 Å². The monoisotopic (exact) mass is 539 g/mol. The standard InChI is InChI=1S/C27H30ClF4N3O2/c1-34-21(18-11-20(30)24(37-2)12-19(18)29)13-22(23(34)14-28)35-10-6-9-27(16-35,25(36)26(31)32)33-15-17-7-4-3-5-8-17/h3-5,7-8,11-13,25-26,33,36H,6,9-10,14-16H2,1-2H3/t25-,27-/m1/s1. The molecule has 10 heteroatoms. The van der Waals surface area contributed by atoms with Crippen LogP contribution in [0.15, 0.2) is 48.5 Å². The molecule has 0 saturated carbocycles. The number of piperidine rings is 1. The number of nitrogens with one attached hydrogen (secondary N) is 1. The summed E-state index contributed by atoms with van der Waals surface area (Å²) in [5.74, 6) is -1.53. The van der Waals surface area contributed by atoms with E-state index in [1.807, 2.05) is 35.2 Å². The molecule has 2 aromatic carbocycles. The number of halogens is 5.